The van der Waals surface area contributed by atoms with Crippen LogP contribution in [-0.2, 0) is 14.4 Å². The fraction of sp³-hybridized carbons (Fsp3) is 0.320. The minimum Gasteiger partial charge on any atom is -1.00 e. The summed E-state index contributed by atoms with van der Waals surface area (Å²) in [4.78, 5) is 11.2. The van der Waals surface area contributed by atoms with Gasteiger partial charge in [-0.2, -0.15) is 20.7 Å². The Labute approximate surface area is 365 Å². The molecule has 44 heavy (non-hydrogen) atoms. The molecular formula is C25H24Br2Cl2K2N6O7. The second-order valence-corrected chi connectivity index (χ2v) is 11.9. The zero-order valence-corrected chi connectivity index (χ0v) is 35.4. The van der Waals surface area contributed by atoms with Gasteiger partial charge in [-0.25, -0.2) is 9.03 Å². The van der Waals surface area contributed by atoms with Gasteiger partial charge in [-0.05, 0) is 59.6 Å². The molecular weight excluding hydrogens is 805 g/mol. The van der Waals surface area contributed by atoms with Crippen LogP contribution in [0.4, 0.5) is 0 Å². The quantitative estimate of drug-likeness (QED) is 0.0796. The van der Waals surface area contributed by atoms with Crippen molar-refractivity contribution < 1.29 is 139 Å². The number of carbonyl (C=O) groups is 1. The van der Waals surface area contributed by atoms with Gasteiger partial charge in [0, 0.05) is 0 Å². The zero-order valence-electron chi connectivity index (χ0n) is 25.4. The number of nitriles is 2. The Morgan fingerprint density at radius 1 is 1.11 bits per heavy atom. The van der Waals surface area contributed by atoms with E-state index in [1.165, 1.54) is 27.6 Å². The predicted molar refractivity (Wildman–Crippen MR) is 157 cm³/mol. The van der Waals surface area contributed by atoms with Gasteiger partial charge in [0.2, 0.25) is 0 Å². The van der Waals surface area contributed by atoms with Crippen LogP contribution in [0.5, 0.6) is 11.5 Å². The number of hydrogen-bond acceptors (Lipinski definition) is 11. The van der Waals surface area contributed by atoms with Crippen LogP contribution < -0.4 is 113 Å². The third-order valence-corrected chi connectivity index (χ3v) is 7.66. The minimum atomic E-state index is -0.966. The van der Waals surface area contributed by atoms with Crippen molar-refractivity contribution >= 4 is 72.6 Å². The third kappa shape index (κ3) is 13.0. The summed E-state index contributed by atoms with van der Waals surface area (Å²) in [6.07, 6.45) is 5.80. The van der Waals surface area contributed by atoms with E-state index >= 15 is 0 Å². The van der Waals surface area contributed by atoms with Crippen LogP contribution in [0, 0.1) is 22.7 Å². The van der Waals surface area contributed by atoms with E-state index in [0.717, 1.165) is 6.61 Å². The summed E-state index contributed by atoms with van der Waals surface area (Å²) in [5.74, 6) is 0.300. The monoisotopic (exact) mass is 826 g/mol. The number of carbonyl (C=O) groups excluding carboxylic acids is 1. The molecule has 0 aromatic carbocycles. The van der Waals surface area contributed by atoms with Gasteiger partial charge in [0.15, 0.2) is 11.5 Å². The summed E-state index contributed by atoms with van der Waals surface area (Å²) < 4.78 is 14.3. The molecule has 4 aromatic heterocycles. The van der Waals surface area contributed by atoms with Crippen molar-refractivity contribution in [3.05, 3.63) is 54.9 Å². The van der Waals surface area contributed by atoms with Gasteiger partial charge >= 0.3 is 103 Å². The maximum atomic E-state index is 9.65. The first-order valence-corrected chi connectivity index (χ1v) is 13.9. The molecule has 5 rings (SSSR count). The standard InChI is InChI=1S/C12H11BrClN3O2.C8H3BrClN3O.C4H8O.CH2O3.2K.H/c1-12(2,18)6-19-8-5-17-11(9(13)10(8)14)7(3-15)4-16-17;9-6-7(10)5(14)3-13-8(6)4(1-11)2-12-13;1-4(2)3-5-4;2-1-4-3;;;/h4-5,18H,6H2,1-2H3;2-3,14H;3H2,1-2H3;1,3H;;;/q;;;;2*+1;-1/p-1. The second-order valence-electron chi connectivity index (χ2n) is 9.53. The van der Waals surface area contributed by atoms with Crippen LogP contribution in [0.1, 0.15) is 40.2 Å². The molecule has 1 saturated heterocycles. The fourth-order valence-electron chi connectivity index (χ4n) is 2.79. The van der Waals surface area contributed by atoms with Crippen molar-refractivity contribution in [3.8, 4) is 23.6 Å². The van der Waals surface area contributed by atoms with E-state index in [-0.39, 0.29) is 134 Å². The summed E-state index contributed by atoms with van der Waals surface area (Å²) >= 11 is 18.5. The van der Waals surface area contributed by atoms with E-state index in [9.17, 15) is 10.2 Å². The van der Waals surface area contributed by atoms with Crippen LogP contribution >= 0.6 is 55.1 Å². The molecule has 0 radical (unpaired) electrons. The average Bonchev–Trinajstić information content (AvgIpc) is 3.30. The molecule has 0 atom stereocenters. The van der Waals surface area contributed by atoms with Gasteiger partial charge in [-0.3, -0.25) is 4.79 Å². The average molecular weight is 829 g/mol. The Bertz CT molecular complexity index is 1670. The molecule has 0 spiro atoms. The Morgan fingerprint density at radius 3 is 1.89 bits per heavy atom. The van der Waals surface area contributed by atoms with Crippen molar-refractivity contribution in [2.45, 2.75) is 38.9 Å². The smallest absolute Gasteiger partial charge is 1.00 e. The summed E-state index contributed by atoms with van der Waals surface area (Å²) in [7, 11) is 0. The van der Waals surface area contributed by atoms with Crippen molar-refractivity contribution in [3.63, 3.8) is 0 Å². The number of ether oxygens (including phenoxy) is 2. The number of halogens is 4. The second kappa shape index (κ2) is 19.8. The van der Waals surface area contributed by atoms with E-state index in [1.54, 1.807) is 20.0 Å². The first-order chi connectivity index (χ1) is 19.6. The van der Waals surface area contributed by atoms with Crippen molar-refractivity contribution in [1.82, 2.24) is 19.2 Å². The number of aliphatic hydroxyl groups is 1. The molecule has 19 heteroatoms. The number of aromatic nitrogens is 4. The Hall–Kier alpha value is 0.123. The fourth-order valence-corrected chi connectivity index (χ4v) is 4.31. The van der Waals surface area contributed by atoms with Gasteiger partial charge in [0.05, 0.1) is 73.7 Å². The van der Waals surface area contributed by atoms with Crippen LogP contribution in [0.3, 0.4) is 0 Å². The first-order valence-electron chi connectivity index (χ1n) is 11.5. The van der Waals surface area contributed by atoms with Gasteiger partial charge in [0.1, 0.15) is 28.8 Å². The van der Waals surface area contributed by atoms with Crippen LogP contribution in [0.25, 0.3) is 11.0 Å². The number of pyridine rings is 2. The molecule has 4 aromatic rings. The van der Waals surface area contributed by atoms with Crippen LogP contribution in [0.15, 0.2) is 33.7 Å². The van der Waals surface area contributed by atoms with Crippen molar-refractivity contribution in [2.75, 3.05) is 13.2 Å². The van der Waals surface area contributed by atoms with Crippen molar-refractivity contribution in [1.29, 1.82) is 10.5 Å². The molecule has 1 aliphatic rings. The summed E-state index contributed by atoms with van der Waals surface area (Å²) in [6.45, 7) is 8.29. The number of aromatic hydroxyl groups is 1. The van der Waals surface area contributed by atoms with E-state index in [0.29, 0.717) is 41.9 Å². The van der Waals surface area contributed by atoms with Gasteiger partial charge < -0.3 is 31.3 Å². The van der Waals surface area contributed by atoms with Crippen LogP contribution in [-0.4, -0.2) is 60.3 Å². The normalized spacial score (nSPS) is 12.2. The molecule has 13 nitrogen and oxygen atoms in total. The zero-order chi connectivity index (χ0) is 31.8. The molecule has 1 aliphatic heterocycles. The first kappa shape index (κ1) is 44.1. The van der Waals surface area contributed by atoms with E-state index in [2.05, 4.69) is 60.8 Å². The Morgan fingerprint density at radius 2 is 1.52 bits per heavy atom. The van der Waals surface area contributed by atoms with Gasteiger partial charge in [-0.1, -0.05) is 23.2 Å². The van der Waals surface area contributed by atoms with E-state index < -0.39 is 5.60 Å². The predicted octanol–water partition coefficient (Wildman–Crippen LogP) is -1.55. The van der Waals surface area contributed by atoms with Gasteiger partial charge in [-0.15, -0.1) is 0 Å². The Kier molecular flexibility index (Phi) is 19.9. The maximum Gasteiger partial charge on any atom is 1.00 e. The molecule has 1 fully saturated rings. The van der Waals surface area contributed by atoms with E-state index in [1.807, 2.05) is 12.1 Å². The molecule has 0 amide bonds. The largest absolute Gasteiger partial charge is 1.00 e. The summed E-state index contributed by atoms with van der Waals surface area (Å²) in [5, 5.41) is 53.7. The number of fused-ring (bicyclic) bond motifs is 2. The number of hydrogen-bond donors (Lipinski definition) is 2. The maximum absolute atomic E-state index is 9.65. The van der Waals surface area contributed by atoms with Crippen LogP contribution in [0.2, 0.25) is 10.0 Å². The topological polar surface area (TPSA) is 194 Å². The molecule has 0 aliphatic carbocycles. The third-order valence-electron chi connectivity index (χ3n) is 4.90. The molecule has 226 valence electrons. The number of rotatable bonds is 4. The van der Waals surface area contributed by atoms with Gasteiger partial charge in [0.25, 0.3) is 6.47 Å². The minimum absolute atomic E-state index is 0. The molecule has 0 bridgehead atoms. The number of nitrogens with zero attached hydrogens (tertiary/aromatic N) is 6. The molecule has 0 unspecified atom stereocenters. The van der Waals surface area contributed by atoms with E-state index in [4.69, 9.17) is 53.3 Å². The number of epoxide rings is 1. The molecule has 0 saturated carbocycles. The Balaban J connectivity index is 0. The molecule has 2 N–H and O–H groups in total. The SMILES string of the molecule is CC(C)(O)COc1cn2ncc(C#N)c2c(Br)c1Cl.CC1(C)CO1.N#Cc1cnn2cc(O)c(Cl)c(Br)c12.O=CO[O-].[H-].[K+].[K+]. The molecule has 5 heterocycles. The summed E-state index contributed by atoms with van der Waals surface area (Å²) in [5.41, 5.74) is 1.24. The van der Waals surface area contributed by atoms with Crippen molar-refractivity contribution in [2.24, 2.45) is 0 Å². The summed E-state index contributed by atoms with van der Waals surface area (Å²) in [6, 6.07) is 4.02.